The van der Waals surface area contributed by atoms with Crippen LogP contribution in [-0.2, 0) is 4.74 Å². The number of ether oxygens (including phenoxy) is 1. The van der Waals surface area contributed by atoms with Gasteiger partial charge in [0.1, 0.15) is 5.56 Å². The molecule has 0 aliphatic rings. The minimum absolute atomic E-state index is 0.00986. The highest BCUT2D eigenvalue weighted by Crippen LogP contribution is 2.18. The van der Waals surface area contributed by atoms with Crippen molar-refractivity contribution in [2.45, 2.75) is 6.92 Å². The lowest BCUT2D eigenvalue weighted by molar-refractivity contribution is -0.609. The molecule has 7 heteroatoms. The number of methoxy groups -OCH3 is 1. The SMILES string of the molecule is COC(=O)c1c(C)c([N+](=O)[O-])cc[n+]1[O-]. The van der Waals surface area contributed by atoms with E-state index in [-0.39, 0.29) is 21.7 Å². The smallest absolute Gasteiger partial charge is 0.405 e. The molecule has 15 heavy (non-hydrogen) atoms. The van der Waals surface area contributed by atoms with Crippen LogP contribution in [0.25, 0.3) is 0 Å². The molecule has 80 valence electrons. The lowest BCUT2D eigenvalue weighted by Crippen LogP contribution is -2.36. The molecule has 7 nitrogen and oxygen atoms in total. The molecule has 0 fully saturated rings. The number of aromatic nitrogens is 1. The van der Waals surface area contributed by atoms with Crippen LogP contribution in [0.4, 0.5) is 5.69 Å². The summed E-state index contributed by atoms with van der Waals surface area (Å²) in [4.78, 5) is 21.0. The van der Waals surface area contributed by atoms with Gasteiger partial charge in [0.05, 0.1) is 18.1 Å². The molecule has 1 aromatic rings. The summed E-state index contributed by atoms with van der Waals surface area (Å²) in [6.45, 7) is 1.32. The fourth-order valence-corrected chi connectivity index (χ4v) is 1.16. The van der Waals surface area contributed by atoms with Crippen molar-refractivity contribution < 1.29 is 19.2 Å². The lowest BCUT2D eigenvalue weighted by atomic mass is 10.2. The molecule has 0 aromatic carbocycles. The summed E-state index contributed by atoms with van der Waals surface area (Å²) >= 11 is 0. The standard InChI is InChI=1S/C8H8N2O5/c1-5-6(10(13)14)3-4-9(12)7(5)8(11)15-2/h3-4H,1-2H3. The lowest BCUT2D eigenvalue weighted by Gasteiger charge is -2.05. The Bertz CT molecular complexity index is 429. The Labute approximate surface area is 84.6 Å². The molecular formula is C8H8N2O5. The van der Waals surface area contributed by atoms with Crippen LogP contribution in [0.15, 0.2) is 12.3 Å². The van der Waals surface area contributed by atoms with Crippen LogP contribution in [-0.4, -0.2) is 18.0 Å². The second-order valence-corrected chi connectivity index (χ2v) is 2.75. The Morgan fingerprint density at radius 3 is 2.67 bits per heavy atom. The Balaban J connectivity index is 3.43. The minimum Gasteiger partial charge on any atom is -0.618 e. The van der Waals surface area contributed by atoms with E-state index in [2.05, 4.69) is 4.74 Å². The summed E-state index contributed by atoms with van der Waals surface area (Å²) in [6, 6.07) is 1.04. The highest BCUT2D eigenvalue weighted by atomic mass is 16.6. The fourth-order valence-electron chi connectivity index (χ4n) is 1.16. The van der Waals surface area contributed by atoms with Crippen molar-refractivity contribution in [3.63, 3.8) is 0 Å². The van der Waals surface area contributed by atoms with Gasteiger partial charge in [0, 0.05) is 0 Å². The van der Waals surface area contributed by atoms with Gasteiger partial charge in [-0.3, -0.25) is 10.1 Å². The van der Waals surface area contributed by atoms with E-state index in [1.54, 1.807) is 0 Å². The third-order valence-corrected chi connectivity index (χ3v) is 1.90. The summed E-state index contributed by atoms with van der Waals surface area (Å²) in [5.74, 6) is -0.897. The molecule has 1 heterocycles. The number of esters is 1. The molecule has 0 atom stereocenters. The number of nitro groups is 1. The highest BCUT2D eigenvalue weighted by Gasteiger charge is 2.27. The van der Waals surface area contributed by atoms with Crippen molar-refractivity contribution in [3.8, 4) is 0 Å². The zero-order valence-electron chi connectivity index (χ0n) is 8.09. The van der Waals surface area contributed by atoms with Crippen molar-refractivity contribution in [1.29, 1.82) is 0 Å². The number of carbonyl (C=O) groups excluding carboxylic acids is 1. The first-order chi connectivity index (χ1) is 6.99. The molecule has 0 spiro atoms. The third-order valence-electron chi connectivity index (χ3n) is 1.90. The Morgan fingerprint density at radius 1 is 1.60 bits per heavy atom. The van der Waals surface area contributed by atoms with Gasteiger partial charge in [-0.1, -0.05) is 0 Å². The Hall–Kier alpha value is -2.18. The number of hydrogen-bond acceptors (Lipinski definition) is 5. The maximum absolute atomic E-state index is 11.2. The molecular weight excluding hydrogens is 204 g/mol. The third kappa shape index (κ3) is 1.85. The van der Waals surface area contributed by atoms with Gasteiger partial charge in [-0.25, -0.2) is 4.79 Å². The van der Waals surface area contributed by atoms with Gasteiger partial charge in [-0.2, -0.15) is 4.73 Å². The second-order valence-electron chi connectivity index (χ2n) is 2.75. The van der Waals surface area contributed by atoms with Gasteiger partial charge in [0.25, 0.3) is 5.69 Å². The van der Waals surface area contributed by atoms with Crippen molar-refractivity contribution in [3.05, 3.63) is 38.8 Å². The Morgan fingerprint density at radius 2 is 2.20 bits per heavy atom. The number of nitrogens with zero attached hydrogens (tertiary/aromatic N) is 2. The first-order valence-corrected chi connectivity index (χ1v) is 3.94. The molecule has 1 rings (SSSR count). The molecule has 0 radical (unpaired) electrons. The molecule has 0 N–H and O–H groups in total. The van der Waals surface area contributed by atoms with Crippen LogP contribution >= 0.6 is 0 Å². The molecule has 0 saturated carbocycles. The van der Waals surface area contributed by atoms with Crippen LogP contribution in [0.3, 0.4) is 0 Å². The maximum atomic E-state index is 11.2. The summed E-state index contributed by atoms with van der Waals surface area (Å²) in [7, 11) is 1.10. The maximum Gasteiger partial charge on any atom is 0.405 e. The fraction of sp³-hybridized carbons (Fsp3) is 0.250. The minimum atomic E-state index is -0.897. The summed E-state index contributed by atoms with van der Waals surface area (Å²) in [5, 5.41) is 21.7. The zero-order valence-corrected chi connectivity index (χ0v) is 8.09. The van der Waals surface area contributed by atoms with Crippen LogP contribution in [0.2, 0.25) is 0 Å². The quantitative estimate of drug-likeness (QED) is 0.231. The van der Waals surface area contributed by atoms with Crippen molar-refractivity contribution >= 4 is 11.7 Å². The first-order valence-electron chi connectivity index (χ1n) is 3.94. The van der Waals surface area contributed by atoms with E-state index in [1.807, 2.05) is 0 Å². The molecule has 1 aromatic heterocycles. The molecule has 0 aliphatic carbocycles. The number of pyridine rings is 1. The van der Waals surface area contributed by atoms with E-state index in [0.29, 0.717) is 0 Å². The summed E-state index contributed by atoms with van der Waals surface area (Å²) in [6.07, 6.45) is 0.900. The predicted molar refractivity (Wildman–Crippen MR) is 48.1 cm³/mol. The van der Waals surface area contributed by atoms with Crippen LogP contribution < -0.4 is 4.73 Å². The van der Waals surface area contributed by atoms with Crippen molar-refractivity contribution in [1.82, 2.24) is 0 Å². The Kier molecular flexibility index (Phi) is 2.84. The molecule has 0 unspecified atom stereocenters. The summed E-state index contributed by atoms with van der Waals surface area (Å²) in [5.41, 5.74) is -0.668. The number of carbonyl (C=O) groups is 1. The van der Waals surface area contributed by atoms with Crippen LogP contribution in [0.5, 0.6) is 0 Å². The number of rotatable bonds is 2. The van der Waals surface area contributed by atoms with E-state index in [9.17, 15) is 20.1 Å². The number of hydrogen-bond donors (Lipinski definition) is 0. The van der Waals surface area contributed by atoms with E-state index in [0.717, 1.165) is 19.4 Å². The van der Waals surface area contributed by atoms with E-state index in [1.165, 1.54) is 6.92 Å². The molecule has 0 aliphatic heterocycles. The van der Waals surface area contributed by atoms with Gasteiger partial charge >= 0.3 is 11.7 Å². The largest absolute Gasteiger partial charge is 0.618 e. The van der Waals surface area contributed by atoms with E-state index in [4.69, 9.17) is 0 Å². The summed E-state index contributed by atoms with van der Waals surface area (Å²) < 4.78 is 4.59. The van der Waals surface area contributed by atoms with Gasteiger partial charge in [-0.05, 0) is 6.92 Å². The molecule has 0 amide bonds. The second kappa shape index (κ2) is 3.91. The van der Waals surface area contributed by atoms with Crippen LogP contribution in [0, 0.1) is 22.2 Å². The molecule has 0 bridgehead atoms. The zero-order chi connectivity index (χ0) is 11.6. The topological polar surface area (TPSA) is 96.4 Å². The first kappa shape index (κ1) is 10.9. The van der Waals surface area contributed by atoms with Gasteiger partial charge in [0.2, 0.25) is 0 Å². The molecule has 0 saturated heterocycles. The van der Waals surface area contributed by atoms with Gasteiger partial charge in [0.15, 0.2) is 6.20 Å². The van der Waals surface area contributed by atoms with Gasteiger partial charge in [-0.15, -0.1) is 0 Å². The van der Waals surface area contributed by atoms with Crippen LogP contribution in [0.1, 0.15) is 16.1 Å². The monoisotopic (exact) mass is 212 g/mol. The highest BCUT2D eigenvalue weighted by molar-refractivity contribution is 5.88. The van der Waals surface area contributed by atoms with Crippen molar-refractivity contribution in [2.24, 2.45) is 0 Å². The van der Waals surface area contributed by atoms with Gasteiger partial charge < -0.3 is 9.94 Å². The van der Waals surface area contributed by atoms with E-state index >= 15 is 0 Å². The van der Waals surface area contributed by atoms with Crippen molar-refractivity contribution in [2.75, 3.05) is 7.11 Å². The predicted octanol–water partition coefficient (Wildman–Crippen LogP) is 0.323. The average molecular weight is 212 g/mol. The van der Waals surface area contributed by atoms with E-state index < -0.39 is 10.9 Å². The average Bonchev–Trinajstić information content (AvgIpc) is 2.16. The normalized spacial score (nSPS) is 9.73.